The zero-order valence-corrected chi connectivity index (χ0v) is 23.1. The highest BCUT2D eigenvalue weighted by molar-refractivity contribution is 6.32. The molecule has 0 bridgehead atoms. The number of Topliss-reactive ketones (excluding diaryl/α,β-unsaturated/α-hetero) is 4. The first-order valence-corrected chi connectivity index (χ1v) is 13.9. The van der Waals surface area contributed by atoms with Crippen molar-refractivity contribution in [2.45, 2.75) is 63.8 Å². The van der Waals surface area contributed by atoms with Crippen molar-refractivity contribution in [3.8, 4) is 5.75 Å². The number of nitrogens with two attached hydrogens (primary N) is 1. The Morgan fingerprint density at radius 2 is 1.85 bits per heavy atom. The van der Waals surface area contributed by atoms with E-state index in [9.17, 15) is 34.2 Å². The fraction of sp³-hybridized carbons (Fsp3) is 0.621. The molecule has 216 valence electrons. The lowest BCUT2D eigenvalue weighted by Gasteiger charge is -2.52. The van der Waals surface area contributed by atoms with E-state index in [-0.39, 0.29) is 42.1 Å². The van der Waals surface area contributed by atoms with Gasteiger partial charge in [-0.25, -0.2) is 4.39 Å². The first-order chi connectivity index (χ1) is 18.7. The number of phenols is 1. The van der Waals surface area contributed by atoms with E-state index in [1.54, 1.807) is 0 Å². The summed E-state index contributed by atoms with van der Waals surface area (Å²) in [7, 11) is 3.03. The molecule has 0 saturated heterocycles. The number of primary amides is 1. The second-order valence-corrected chi connectivity index (χ2v) is 12.2. The molecule has 3 saturated carbocycles. The van der Waals surface area contributed by atoms with Crippen molar-refractivity contribution in [2.24, 2.45) is 35.3 Å². The number of likely N-dealkylation sites (N-methyl/N-ethyl adjacent to an activating group) is 1. The minimum atomic E-state index is -2.80. The van der Waals surface area contributed by atoms with Crippen molar-refractivity contribution in [3.05, 3.63) is 28.6 Å². The Morgan fingerprint density at radius 3 is 2.40 bits per heavy atom. The summed E-state index contributed by atoms with van der Waals surface area (Å²) in [6.45, 7) is 4.99. The summed E-state index contributed by atoms with van der Waals surface area (Å²) in [6.07, 6.45) is 2.03. The maximum atomic E-state index is 16.0. The van der Waals surface area contributed by atoms with Gasteiger partial charge in [-0.1, -0.05) is 6.92 Å². The van der Waals surface area contributed by atoms with Crippen LogP contribution in [0.15, 0.2) is 6.07 Å². The smallest absolute Gasteiger partial charge is 0.235 e. The summed E-state index contributed by atoms with van der Waals surface area (Å²) < 4.78 is 16.0. The van der Waals surface area contributed by atoms with Crippen LogP contribution in [-0.2, 0) is 32.1 Å². The number of rotatable bonds is 7. The van der Waals surface area contributed by atoms with E-state index in [0.717, 1.165) is 12.8 Å². The number of amides is 1. The van der Waals surface area contributed by atoms with E-state index >= 15 is 4.39 Å². The molecule has 0 aliphatic heterocycles. The molecule has 3 fully saturated rings. The largest absolute Gasteiger partial charge is 0.507 e. The third kappa shape index (κ3) is 4.04. The lowest BCUT2D eigenvalue weighted by molar-refractivity contribution is -0.181. The molecule has 40 heavy (non-hydrogen) atoms. The van der Waals surface area contributed by atoms with E-state index in [2.05, 4.69) is 11.8 Å². The van der Waals surface area contributed by atoms with Gasteiger partial charge in [0.25, 0.3) is 0 Å². The molecular formula is C29H36FN3O7. The van der Waals surface area contributed by atoms with Crippen molar-refractivity contribution < 1.29 is 38.6 Å². The van der Waals surface area contributed by atoms with Crippen LogP contribution in [0.25, 0.3) is 0 Å². The van der Waals surface area contributed by atoms with Crippen LogP contribution in [0.2, 0.25) is 0 Å². The number of carbonyl (C=O) groups is 5. The van der Waals surface area contributed by atoms with E-state index < -0.39 is 75.9 Å². The Hall–Kier alpha value is -3.02. The van der Waals surface area contributed by atoms with Crippen LogP contribution in [0.4, 0.5) is 4.39 Å². The van der Waals surface area contributed by atoms with Gasteiger partial charge in [-0.15, -0.1) is 0 Å². The Balaban J connectivity index is 1.55. The minimum Gasteiger partial charge on any atom is -0.507 e. The van der Waals surface area contributed by atoms with E-state index in [1.807, 2.05) is 6.92 Å². The molecule has 7 atom stereocenters. The van der Waals surface area contributed by atoms with Crippen molar-refractivity contribution in [2.75, 3.05) is 20.6 Å². The molecule has 1 aromatic carbocycles. The number of aliphatic hydroxyl groups is 1. The van der Waals surface area contributed by atoms with Gasteiger partial charge in [-0.3, -0.25) is 33.8 Å². The molecule has 2 unspecified atom stereocenters. The molecule has 0 aromatic heterocycles. The molecule has 4 aliphatic rings. The van der Waals surface area contributed by atoms with Gasteiger partial charge in [0.15, 0.2) is 34.7 Å². The van der Waals surface area contributed by atoms with Gasteiger partial charge < -0.3 is 15.9 Å². The number of hydrogen-bond donors (Lipinski definition) is 3. The number of benzene rings is 1. The zero-order chi connectivity index (χ0) is 29.4. The number of fused-ring (bicyclic) bond motifs is 3. The van der Waals surface area contributed by atoms with Gasteiger partial charge in [0.05, 0.1) is 17.5 Å². The second-order valence-electron chi connectivity index (χ2n) is 12.2. The molecule has 0 heterocycles. The highest BCUT2D eigenvalue weighted by atomic mass is 19.1. The highest BCUT2D eigenvalue weighted by Gasteiger charge is 2.69. The zero-order valence-electron chi connectivity index (χ0n) is 23.1. The summed E-state index contributed by atoms with van der Waals surface area (Å²) >= 11 is 0. The standard InChI is InChI=1S/C29H36FN3O7/c1-5-33(12(2)13-6-7-13)11-15-10-18(34)20-16(22(15)30)8-14-9-17-23(32(3)4)25(36)21(28(31)39)27(38)29(17,40)26(37)19(14)24(20)35/h10,12-14,17,19,21,23,34,40H,5-9,11H2,1-4H3,(H2,31,39)/t12-,14+,17+,19?,21?,23+,29+/m1/s1. The summed E-state index contributed by atoms with van der Waals surface area (Å²) in [4.78, 5) is 69.6. The maximum absolute atomic E-state index is 16.0. The average Bonchev–Trinajstić information content (AvgIpc) is 3.72. The topological polar surface area (TPSA) is 158 Å². The molecule has 10 nitrogen and oxygen atoms in total. The fourth-order valence-electron chi connectivity index (χ4n) is 7.46. The maximum Gasteiger partial charge on any atom is 0.235 e. The molecule has 0 radical (unpaired) electrons. The van der Waals surface area contributed by atoms with Crippen LogP contribution in [0.3, 0.4) is 0 Å². The highest BCUT2D eigenvalue weighted by Crippen LogP contribution is 2.51. The Kier molecular flexibility index (Phi) is 6.99. The van der Waals surface area contributed by atoms with E-state index in [4.69, 9.17) is 5.73 Å². The molecule has 11 heteroatoms. The van der Waals surface area contributed by atoms with Crippen LogP contribution in [0.5, 0.6) is 5.75 Å². The van der Waals surface area contributed by atoms with Gasteiger partial charge >= 0.3 is 0 Å². The van der Waals surface area contributed by atoms with Crippen LogP contribution < -0.4 is 5.73 Å². The molecule has 0 spiro atoms. The van der Waals surface area contributed by atoms with E-state index in [1.165, 1.54) is 25.1 Å². The van der Waals surface area contributed by atoms with Gasteiger partial charge in [-0.2, -0.15) is 0 Å². The molecule has 4 N–H and O–H groups in total. The predicted molar refractivity (Wildman–Crippen MR) is 140 cm³/mol. The number of halogens is 1. The molecule has 1 aromatic rings. The first kappa shape index (κ1) is 28.5. The second kappa shape index (κ2) is 9.81. The third-order valence-corrected chi connectivity index (χ3v) is 9.73. The van der Waals surface area contributed by atoms with Crippen molar-refractivity contribution >= 4 is 29.0 Å². The number of hydrogen-bond acceptors (Lipinski definition) is 9. The minimum absolute atomic E-state index is 0.000467. The Morgan fingerprint density at radius 1 is 1.20 bits per heavy atom. The van der Waals surface area contributed by atoms with Crippen molar-refractivity contribution in [3.63, 3.8) is 0 Å². The summed E-state index contributed by atoms with van der Waals surface area (Å²) in [6, 6.07) is 0.249. The lowest BCUT2D eigenvalue weighted by Crippen LogP contribution is -2.74. The number of aromatic hydroxyl groups is 1. The number of ketones is 4. The molecule has 5 rings (SSSR count). The summed E-state index contributed by atoms with van der Waals surface area (Å²) in [5.41, 5.74) is 2.44. The third-order valence-electron chi connectivity index (χ3n) is 9.73. The predicted octanol–water partition coefficient (Wildman–Crippen LogP) is 0.627. The SMILES string of the molecule is CCN(Cc1cc(O)c2c(c1F)C[C@H]1C[C@H]3[C@H](N(C)C)C(=O)C(C(N)=O)C(=O)[C@@]3(O)C(=O)C1C2=O)[C@H](C)C1CC1. The van der Waals surface area contributed by atoms with Crippen LogP contribution in [-0.4, -0.2) is 87.4 Å². The Bertz CT molecular complexity index is 1320. The summed E-state index contributed by atoms with van der Waals surface area (Å²) in [5, 5.41) is 22.5. The van der Waals surface area contributed by atoms with Crippen molar-refractivity contribution in [1.29, 1.82) is 0 Å². The molecule has 4 aliphatic carbocycles. The normalized spacial score (nSPS) is 32.6. The van der Waals surface area contributed by atoms with E-state index in [0.29, 0.717) is 12.5 Å². The van der Waals surface area contributed by atoms with Gasteiger partial charge in [0, 0.05) is 29.6 Å². The number of nitrogens with zero attached hydrogens (tertiary/aromatic N) is 2. The number of carbonyl (C=O) groups excluding carboxylic acids is 5. The van der Waals surface area contributed by atoms with Crippen LogP contribution >= 0.6 is 0 Å². The molecular weight excluding hydrogens is 521 g/mol. The number of phenolic OH excluding ortho intramolecular Hbond substituents is 1. The monoisotopic (exact) mass is 557 g/mol. The quantitative estimate of drug-likeness (QED) is 0.409. The Labute approximate surface area is 231 Å². The fourth-order valence-corrected chi connectivity index (χ4v) is 7.46. The first-order valence-electron chi connectivity index (χ1n) is 13.9. The van der Waals surface area contributed by atoms with Gasteiger partial charge in [0.2, 0.25) is 5.91 Å². The summed E-state index contributed by atoms with van der Waals surface area (Å²) in [5.74, 6) is -11.6. The van der Waals surface area contributed by atoms with Gasteiger partial charge in [-0.05, 0) is 71.1 Å². The lowest BCUT2D eigenvalue weighted by atomic mass is 9.52. The van der Waals surface area contributed by atoms with Crippen molar-refractivity contribution in [1.82, 2.24) is 9.80 Å². The van der Waals surface area contributed by atoms with Gasteiger partial charge in [0.1, 0.15) is 11.6 Å². The van der Waals surface area contributed by atoms with Crippen LogP contribution in [0, 0.1) is 35.4 Å². The molecule has 1 amide bonds. The average molecular weight is 558 g/mol. The van der Waals surface area contributed by atoms with Crippen LogP contribution in [0.1, 0.15) is 54.6 Å².